The third kappa shape index (κ3) is 5.78. The van der Waals surface area contributed by atoms with Crippen molar-refractivity contribution < 1.29 is 39.9 Å². The minimum absolute atomic E-state index is 0.0662. The maximum atomic E-state index is 11.6. The number of hydrogen-bond donors (Lipinski definition) is 5. The van der Waals surface area contributed by atoms with Gasteiger partial charge in [-0.2, -0.15) is 0 Å². The quantitative estimate of drug-likeness (QED) is 0.434. The zero-order chi connectivity index (χ0) is 22.4. The van der Waals surface area contributed by atoms with Crippen molar-refractivity contribution >= 4 is 41.3 Å². The summed E-state index contributed by atoms with van der Waals surface area (Å²) in [5.41, 5.74) is 1.21. The minimum Gasteiger partial charge on any atom is -0.508 e. The summed E-state index contributed by atoms with van der Waals surface area (Å²) in [5, 5.41) is 44.6. The van der Waals surface area contributed by atoms with E-state index in [1.807, 2.05) is 0 Å². The van der Waals surface area contributed by atoms with Gasteiger partial charge in [0.15, 0.2) is 0 Å². The van der Waals surface area contributed by atoms with E-state index >= 15 is 0 Å². The van der Waals surface area contributed by atoms with Crippen molar-refractivity contribution in [2.45, 2.75) is 18.0 Å². The van der Waals surface area contributed by atoms with Crippen molar-refractivity contribution in [3.05, 3.63) is 58.6 Å². The number of carboxylic acid groups (broad SMARTS) is 3. The third-order valence-electron chi connectivity index (χ3n) is 4.18. The number of carboxylic acids is 3. The van der Waals surface area contributed by atoms with E-state index in [9.17, 15) is 20.1 Å². The van der Waals surface area contributed by atoms with Crippen molar-refractivity contribution in [3.63, 3.8) is 0 Å². The molecule has 2 unspecified atom stereocenters. The molecular weight excluding hydrogens is 438 g/mol. The van der Waals surface area contributed by atoms with Gasteiger partial charge in [0.1, 0.15) is 17.5 Å². The highest BCUT2D eigenvalue weighted by Crippen LogP contribution is 2.45. The lowest BCUT2D eigenvalue weighted by molar-refractivity contribution is -0.159. The van der Waals surface area contributed by atoms with Gasteiger partial charge in [-0.1, -0.05) is 29.8 Å². The van der Waals surface area contributed by atoms with E-state index in [1.54, 1.807) is 41.3 Å². The largest absolute Gasteiger partial charge is 0.508 e. The number of benzene rings is 2. The van der Waals surface area contributed by atoms with Gasteiger partial charge in [-0.15, -0.1) is 11.8 Å². The van der Waals surface area contributed by atoms with E-state index < -0.39 is 23.9 Å². The van der Waals surface area contributed by atoms with Crippen LogP contribution in [0.2, 0.25) is 5.02 Å². The zero-order valence-corrected chi connectivity index (χ0v) is 16.9. The lowest BCUT2D eigenvalue weighted by atomic mass is 10.1. The van der Waals surface area contributed by atoms with E-state index in [0.717, 1.165) is 0 Å². The van der Waals surface area contributed by atoms with Crippen LogP contribution in [0.15, 0.2) is 42.5 Å². The molecule has 0 spiro atoms. The summed E-state index contributed by atoms with van der Waals surface area (Å²) in [4.78, 5) is 31.6. The molecular formula is C19H18ClNO8S. The molecule has 11 heteroatoms. The highest BCUT2D eigenvalue weighted by atomic mass is 35.5. The van der Waals surface area contributed by atoms with Crippen LogP contribution in [-0.4, -0.2) is 60.1 Å². The number of phenolic OH excluding ortho intramolecular Hbond substituents is 2. The third-order valence-corrected chi connectivity index (χ3v) is 5.76. The molecule has 3 rings (SSSR count). The Kier molecular flexibility index (Phi) is 7.93. The average Bonchev–Trinajstić information content (AvgIpc) is 3.09. The van der Waals surface area contributed by atoms with Gasteiger partial charge in [-0.3, -0.25) is 9.69 Å². The van der Waals surface area contributed by atoms with Gasteiger partial charge in [-0.25, -0.2) is 9.59 Å². The Labute approximate surface area is 180 Å². The van der Waals surface area contributed by atoms with Crippen molar-refractivity contribution in [1.82, 2.24) is 4.90 Å². The number of para-hydroxylation sites is 1. The fraction of sp³-hybridized carbons (Fsp3) is 0.211. The molecule has 0 amide bonds. The highest BCUT2D eigenvalue weighted by Gasteiger charge is 2.40. The number of phenols is 2. The predicted octanol–water partition coefficient (Wildman–Crippen LogP) is 2.61. The van der Waals surface area contributed by atoms with Gasteiger partial charge < -0.3 is 25.5 Å². The second-order valence-corrected chi connectivity index (χ2v) is 7.70. The minimum atomic E-state index is -1.82. The van der Waals surface area contributed by atoms with Gasteiger partial charge in [0.25, 0.3) is 0 Å². The van der Waals surface area contributed by atoms with E-state index in [2.05, 4.69) is 0 Å². The Balaban J connectivity index is 0.000000469. The second kappa shape index (κ2) is 10.2. The summed E-state index contributed by atoms with van der Waals surface area (Å²) >= 11 is 7.44. The summed E-state index contributed by atoms with van der Waals surface area (Å²) in [5.74, 6) is -3.99. The van der Waals surface area contributed by atoms with Crippen LogP contribution in [0.1, 0.15) is 16.5 Å². The molecule has 9 nitrogen and oxygen atoms in total. The normalized spacial score (nSPS) is 18.3. The monoisotopic (exact) mass is 455 g/mol. The molecule has 2 aromatic rings. The van der Waals surface area contributed by atoms with E-state index in [-0.39, 0.29) is 23.4 Å². The number of aromatic hydroxyl groups is 2. The van der Waals surface area contributed by atoms with E-state index in [1.165, 1.54) is 17.8 Å². The summed E-state index contributed by atoms with van der Waals surface area (Å²) in [6.45, 7) is 0.218. The number of carbonyl (C=O) groups is 3. The molecule has 1 aliphatic heterocycles. The summed E-state index contributed by atoms with van der Waals surface area (Å²) < 4.78 is 0. The Bertz CT molecular complexity index is 942. The van der Waals surface area contributed by atoms with Gasteiger partial charge in [0.05, 0.1) is 5.37 Å². The molecule has 0 radical (unpaired) electrons. The van der Waals surface area contributed by atoms with Crippen LogP contribution < -0.4 is 0 Å². The van der Waals surface area contributed by atoms with Gasteiger partial charge in [-0.05, 0) is 24.3 Å². The number of halogens is 1. The first-order valence-electron chi connectivity index (χ1n) is 8.43. The van der Waals surface area contributed by atoms with Crippen LogP contribution in [0.3, 0.4) is 0 Å². The number of nitrogens with zero attached hydrogens (tertiary/aromatic N) is 1. The first kappa shape index (κ1) is 23.3. The Morgan fingerprint density at radius 3 is 2.20 bits per heavy atom. The van der Waals surface area contributed by atoms with Crippen molar-refractivity contribution in [2.75, 3.05) is 5.75 Å². The lowest BCUT2D eigenvalue weighted by Crippen LogP contribution is -2.38. The maximum Gasteiger partial charge on any atom is 0.414 e. The molecule has 1 aliphatic rings. The molecule has 1 fully saturated rings. The summed E-state index contributed by atoms with van der Waals surface area (Å²) in [6, 6.07) is 10.9. The lowest BCUT2D eigenvalue weighted by Gasteiger charge is -2.28. The fourth-order valence-electron chi connectivity index (χ4n) is 2.79. The zero-order valence-electron chi connectivity index (χ0n) is 15.3. The van der Waals surface area contributed by atoms with Crippen LogP contribution in [-0.2, 0) is 20.9 Å². The molecule has 1 saturated heterocycles. The maximum absolute atomic E-state index is 11.6. The van der Waals surface area contributed by atoms with Crippen LogP contribution in [0.4, 0.5) is 0 Å². The molecule has 2 aromatic carbocycles. The summed E-state index contributed by atoms with van der Waals surface area (Å²) in [7, 11) is 0. The standard InChI is InChI=1S/C17H16ClNO4S.C2H2O4/c18-11-5-6-14(20)10(7-11)8-19-13(17(22)23)9-24-16(19)12-3-1-2-4-15(12)21;3-1(4)2(5)6/h1-7,13,16,20-21H,8-9H2,(H,22,23);(H,3,4)(H,5,6). The Morgan fingerprint density at radius 2 is 1.63 bits per heavy atom. The fourth-order valence-corrected chi connectivity index (χ4v) is 4.47. The van der Waals surface area contributed by atoms with Crippen LogP contribution in [0, 0.1) is 0 Å². The molecule has 1 heterocycles. The molecule has 160 valence electrons. The smallest absolute Gasteiger partial charge is 0.414 e. The van der Waals surface area contributed by atoms with E-state index in [4.69, 9.17) is 31.4 Å². The second-order valence-electron chi connectivity index (χ2n) is 6.15. The molecule has 0 bridgehead atoms. The molecule has 0 aromatic heterocycles. The molecule has 30 heavy (non-hydrogen) atoms. The van der Waals surface area contributed by atoms with Gasteiger partial charge in [0.2, 0.25) is 0 Å². The first-order chi connectivity index (χ1) is 14.1. The Hall–Kier alpha value is -2.95. The Morgan fingerprint density at radius 1 is 1.00 bits per heavy atom. The van der Waals surface area contributed by atoms with Crippen LogP contribution in [0.5, 0.6) is 11.5 Å². The van der Waals surface area contributed by atoms with Gasteiger partial charge in [0, 0.05) is 28.4 Å². The molecule has 0 aliphatic carbocycles. The molecule has 2 atom stereocenters. The van der Waals surface area contributed by atoms with E-state index in [0.29, 0.717) is 21.9 Å². The number of aliphatic carboxylic acids is 3. The SMILES string of the molecule is O=C(O)C(=O)O.O=C(O)C1CSC(c2ccccc2O)N1Cc1cc(Cl)ccc1O. The average molecular weight is 456 g/mol. The highest BCUT2D eigenvalue weighted by molar-refractivity contribution is 7.99. The van der Waals surface area contributed by atoms with Crippen molar-refractivity contribution in [3.8, 4) is 11.5 Å². The van der Waals surface area contributed by atoms with Crippen molar-refractivity contribution in [2.24, 2.45) is 0 Å². The van der Waals surface area contributed by atoms with Crippen LogP contribution in [0.25, 0.3) is 0 Å². The van der Waals surface area contributed by atoms with Crippen molar-refractivity contribution in [1.29, 1.82) is 0 Å². The number of thioether (sulfide) groups is 1. The predicted molar refractivity (Wildman–Crippen MR) is 109 cm³/mol. The molecule has 0 saturated carbocycles. The molecule has 5 N–H and O–H groups in total. The van der Waals surface area contributed by atoms with Gasteiger partial charge >= 0.3 is 17.9 Å². The summed E-state index contributed by atoms with van der Waals surface area (Å²) in [6.07, 6.45) is 0. The van der Waals surface area contributed by atoms with Crippen LogP contribution >= 0.6 is 23.4 Å². The first-order valence-corrected chi connectivity index (χ1v) is 9.86. The topological polar surface area (TPSA) is 156 Å². The number of rotatable bonds is 4. The number of hydrogen-bond acceptors (Lipinski definition) is 7.